The van der Waals surface area contributed by atoms with Crippen molar-refractivity contribution in [2.24, 2.45) is 0 Å². The molecule has 4 nitrogen and oxygen atoms in total. The standard InChI is InChI=1S/C18H23NO3S/c1-16(2)19(15-17-9-5-3-6-10-17)23(20,21)14-13-22-18-11-7-4-8-12-18/h3-12,16H,13-15H2,1-2H3. The molecule has 0 fully saturated rings. The number of hydrogen-bond acceptors (Lipinski definition) is 3. The van der Waals surface area contributed by atoms with Gasteiger partial charge in [-0.05, 0) is 31.5 Å². The molecule has 0 aliphatic rings. The second-order valence-electron chi connectivity index (χ2n) is 5.60. The summed E-state index contributed by atoms with van der Waals surface area (Å²) in [7, 11) is -3.38. The van der Waals surface area contributed by atoms with Gasteiger partial charge in [0.05, 0.1) is 5.75 Å². The molecule has 0 aliphatic heterocycles. The van der Waals surface area contributed by atoms with Crippen LogP contribution in [-0.4, -0.2) is 31.1 Å². The van der Waals surface area contributed by atoms with E-state index in [0.29, 0.717) is 12.3 Å². The Hall–Kier alpha value is -1.85. The normalized spacial score (nSPS) is 11.8. The Morgan fingerprint density at radius 2 is 1.52 bits per heavy atom. The van der Waals surface area contributed by atoms with E-state index < -0.39 is 10.0 Å². The molecule has 0 radical (unpaired) electrons. The van der Waals surface area contributed by atoms with Gasteiger partial charge in [-0.15, -0.1) is 0 Å². The topological polar surface area (TPSA) is 46.6 Å². The summed E-state index contributed by atoms with van der Waals surface area (Å²) in [5.74, 6) is 0.647. The second-order valence-corrected chi connectivity index (χ2v) is 7.64. The third-order valence-corrected chi connectivity index (χ3v) is 5.42. The monoisotopic (exact) mass is 333 g/mol. The molecule has 0 aliphatic carbocycles. The predicted molar refractivity (Wildman–Crippen MR) is 92.8 cm³/mol. The van der Waals surface area contributed by atoms with E-state index in [4.69, 9.17) is 4.74 Å². The molecule has 0 N–H and O–H groups in total. The molecule has 0 spiro atoms. The van der Waals surface area contributed by atoms with E-state index in [-0.39, 0.29) is 18.4 Å². The zero-order valence-electron chi connectivity index (χ0n) is 13.6. The number of nitrogens with zero attached hydrogens (tertiary/aromatic N) is 1. The highest BCUT2D eigenvalue weighted by atomic mass is 32.2. The smallest absolute Gasteiger partial charge is 0.217 e. The molecule has 0 amide bonds. The van der Waals surface area contributed by atoms with Crippen LogP contribution in [0.3, 0.4) is 0 Å². The fraction of sp³-hybridized carbons (Fsp3) is 0.333. The van der Waals surface area contributed by atoms with E-state index in [9.17, 15) is 8.42 Å². The Labute approximate surface area is 138 Å². The number of hydrogen-bond donors (Lipinski definition) is 0. The van der Waals surface area contributed by atoms with Gasteiger partial charge in [-0.2, -0.15) is 4.31 Å². The summed E-state index contributed by atoms with van der Waals surface area (Å²) in [5.41, 5.74) is 0.980. The van der Waals surface area contributed by atoms with Crippen LogP contribution in [0.4, 0.5) is 0 Å². The van der Waals surface area contributed by atoms with Crippen molar-refractivity contribution >= 4 is 10.0 Å². The molecular weight excluding hydrogens is 310 g/mol. The molecule has 0 unspecified atom stereocenters. The third kappa shape index (κ3) is 5.37. The minimum absolute atomic E-state index is 0.0348. The molecule has 0 saturated heterocycles. The molecule has 0 atom stereocenters. The van der Waals surface area contributed by atoms with Crippen molar-refractivity contribution < 1.29 is 13.2 Å². The average molecular weight is 333 g/mol. The van der Waals surface area contributed by atoms with Crippen LogP contribution in [0.1, 0.15) is 19.4 Å². The predicted octanol–water partition coefficient (Wildman–Crippen LogP) is 3.31. The maximum atomic E-state index is 12.6. The lowest BCUT2D eigenvalue weighted by atomic mass is 10.2. The molecular formula is C18H23NO3S. The minimum atomic E-state index is -3.38. The van der Waals surface area contributed by atoms with Gasteiger partial charge in [0.25, 0.3) is 0 Å². The fourth-order valence-corrected chi connectivity index (χ4v) is 3.78. The number of ether oxygens (including phenoxy) is 1. The number of rotatable bonds is 8. The second kappa shape index (κ2) is 8.13. The lowest BCUT2D eigenvalue weighted by Gasteiger charge is -2.26. The SMILES string of the molecule is CC(C)N(Cc1ccccc1)S(=O)(=O)CCOc1ccccc1. The Balaban J connectivity index is 1.99. The summed E-state index contributed by atoms with van der Waals surface area (Å²) in [5, 5.41) is 0. The highest BCUT2D eigenvalue weighted by Gasteiger charge is 2.25. The van der Waals surface area contributed by atoms with Crippen molar-refractivity contribution in [3.05, 3.63) is 66.2 Å². The first-order chi connectivity index (χ1) is 11.0. The van der Waals surface area contributed by atoms with Crippen molar-refractivity contribution in [3.63, 3.8) is 0 Å². The fourth-order valence-electron chi connectivity index (χ4n) is 2.26. The molecule has 0 bridgehead atoms. The first-order valence-corrected chi connectivity index (χ1v) is 9.31. The summed E-state index contributed by atoms with van der Waals surface area (Å²) >= 11 is 0. The van der Waals surface area contributed by atoms with E-state index in [1.54, 1.807) is 0 Å². The Bertz CT molecular complexity index is 685. The maximum absolute atomic E-state index is 12.6. The highest BCUT2D eigenvalue weighted by molar-refractivity contribution is 7.89. The summed E-state index contributed by atoms with van der Waals surface area (Å²) in [6, 6.07) is 18.8. The zero-order valence-corrected chi connectivity index (χ0v) is 14.4. The van der Waals surface area contributed by atoms with Crippen LogP contribution in [-0.2, 0) is 16.6 Å². The van der Waals surface area contributed by atoms with Gasteiger partial charge < -0.3 is 4.74 Å². The first kappa shape index (κ1) is 17.5. The first-order valence-electron chi connectivity index (χ1n) is 7.70. The molecule has 2 aromatic rings. The molecule has 0 aromatic heterocycles. The minimum Gasteiger partial charge on any atom is -0.492 e. The molecule has 5 heteroatoms. The van der Waals surface area contributed by atoms with Gasteiger partial charge >= 0.3 is 0 Å². The van der Waals surface area contributed by atoms with E-state index in [1.807, 2.05) is 74.5 Å². The van der Waals surface area contributed by atoms with Gasteiger partial charge in [0.2, 0.25) is 10.0 Å². The van der Waals surface area contributed by atoms with E-state index in [0.717, 1.165) is 5.56 Å². The van der Waals surface area contributed by atoms with Crippen molar-refractivity contribution in [3.8, 4) is 5.75 Å². The maximum Gasteiger partial charge on any atom is 0.217 e. The summed E-state index contributed by atoms with van der Waals surface area (Å²) in [4.78, 5) is 0. The summed E-state index contributed by atoms with van der Waals surface area (Å²) in [6.07, 6.45) is 0. The van der Waals surface area contributed by atoms with Gasteiger partial charge in [0.15, 0.2) is 0 Å². The zero-order chi connectivity index (χ0) is 16.7. The van der Waals surface area contributed by atoms with Gasteiger partial charge in [0, 0.05) is 12.6 Å². The number of sulfonamides is 1. The van der Waals surface area contributed by atoms with Gasteiger partial charge in [-0.1, -0.05) is 48.5 Å². The van der Waals surface area contributed by atoms with Crippen LogP contribution in [0.5, 0.6) is 5.75 Å². The summed E-state index contributed by atoms with van der Waals surface area (Å²) < 4.78 is 32.3. The molecule has 0 saturated carbocycles. The lowest BCUT2D eigenvalue weighted by Crippen LogP contribution is -2.39. The van der Waals surface area contributed by atoms with Crippen LogP contribution in [0.2, 0.25) is 0 Å². The van der Waals surface area contributed by atoms with Crippen molar-refractivity contribution in [1.29, 1.82) is 0 Å². The third-order valence-electron chi connectivity index (χ3n) is 3.47. The van der Waals surface area contributed by atoms with Crippen LogP contribution in [0, 0.1) is 0 Å². The molecule has 23 heavy (non-hydrogen) atoms. The van der Waals surface area contributed by atoms with Gasteiger partial charge in [0.1, 0.15) is 12.4 Å². The Kier molecular flexibility index (Phi) is 6.19. The van der Waals surface area contributed by atoms with Crippen LogP contribution in [0.15, 0.2) is 60.7 Å². The van der Waals surface area contributed by atoms with Crippen LogP contribution >= 0.6 is 0 Å². The van der Waals surface area contributed by atoms with E-state index >= 15 is 0 Å². The van der Waals surface area contributed by atoms with E-state index in [1.165, 1.54) is 4.31 Å². The number of benzene rings is 2. The van der Waals surface area contributed by atoms with Crippen molar-refractivity contribution in [2.75, 3.05) is 12.4 Å². The van der Waals surface area contributed by atoms with Crippen LogP contribution < -0.4 is 4.74 Å². The lowest BCUT2D eigenvalue weighted by molar-refractivity contribution is 0.320. The average Bonchev–Trinajstić information content (AvgIpc) is 2.54. The largest absolute Gasteiger partial charge is 0.492 e. The molecule has 2 aromatic carbocycles. The highest BCUT2D eigenvalue weighted by Crippen LogP contribution is 2.15. The Morgan fingerprint density at radius 3 is 2.09 bits per heavy atom. The van der Waals surface area contributed by atoms with Gasteiger partial charge in [-0.25, -0.2) is 8.42 Å². The van der Waals surface area contributed by atoms with Gasteiger partial charge in [-0.3, -0.25) is 0 Å². The number of para-hydroxylation sites is 1. The van der Waals surface area contributed by atoms with Crippen molar-refractivity contribution in [1.82, 2.24) is 4.31 Å². The Morgan fingerprint density at radius 1 is 0.957 bits per heavy atom. The van der Waals surface area contributed by atoms with E-state index in [2.05, 4.69) is 0 Å². The quantitative estimate of drug-likeness (QED) is 0.744. The van der Waals surface area contributed by atoms with Crippen molar-refractivity contribution in [2.45, 2.75) is 26.4 Å². The van der Waals surface area contributed by atoms with Crippen LogP contribution in [0.25, 0.3) is 0 Å². The molecule has 0 heterocycles. The summed E-state index contributed by atoms with van der Waals surface area (Å²) in [6.45, 7) is 4.30. The molecule has 2 rings (SSSR count). The molecule has 124 valence electrons.